The van der Waals surface area contributed by atoms with Crippen LogP contribution < -0.4 is 0 Å². The summed E-state index contributed by atoms with van der Waals surface area (Å²) in [6.07, 6.45) is 1.29. The summed E-state index contributed by atoms with van der Waals surface area (Å²) >= 11 is 0. The SMILES string of the molecule is Cc1ccc(C)n1C1CC1c1ccccc1. The highest BCUT2D eigenvalue weighted by Gasteiger charge is 2.40. The number of hydrogen-bond donors (Lipinski definition) is 0. The second-order valence-electron chi connectivity index (χ2n) is 4.81. The van der Waals surface area contributed by atoms with E-state index in [0.29, 0.717) is 6.04 Å². The molecule has 0 N–H and O–H groups in total. The van der Waals surface area contributed by atoms with Crippen molar-refractivity contribution in [2.75, 3.05) is 0 Å². The second kappa shape index (κ2) is 3.51. The maximum atomic E-state index is 2.48. The van der Waals surface area contributed by atoms with E-state index in [-0.39, 0.29) is 0 Å². The molecule has 0 radical (unpaired) electrons. The summed E-state index contributed by atoms with van der Waals surface area (Å²) in [6.45, 7) is 4.40. The molecular formula is C15H17N. The van der Waals surface area contributed by atoms with Crippen LogP contribution in [0, 0.1) is 13.8 Å². The molecule has 2 unspecified atom stereocenters. The summed E-state index contributed by atoms with van der Waals surface area (Å²) in [6, 6.07) is 16.0. The third-order valence-electron chi connectivity index (χ3n) is 3.64. The molecular weight excluding hydrogens is 194 g/mol. The van der Waals surface area contributed by atoms with Gasteiger partial charge >= 0.3 is 0 Å². The third kappa shape index (κ3) is 1.47. The lowest BCUT2D eigenvalue weighted by atomic mass is 10.1. The Morgan fingerprint density at radius 3 is 2.19 bits per heavy atom. The molecule has 3 rings (SSSR count). The minimum atomic E-state index is 0.692. The Morgan fingerprint density at radius 1 is 0.938 bits per heavy atom. The number of aryl methyl sites for hydroxylation is 2. The molecule has 0 bridgehead atoms. The van der Waals surface area contributed by atoms with Crippen LogP contribution in [-0.2, 0) is 0 Å². The highest BCUT2D eigenvalue weighted by molar-refractivity contribution is 5.29. The molecule has 82 valence electrons. The van der Waals surface area contributed by atoms with E-state index in [9.17, 15) is 0 Å². The fourth-order valence-electron chi connectivity index (χ4n) is 2.73. The summed E-state index contributed by atoms with van der Waals surface area (Å²) in [5, 5.41) is 0. The van der Waals surface area contributed by atoms with Crippen molar-refractivity contribution in [3.05, 3.63) is 59.4 Å². The standard InChI is InChI=1S/C15H17N/c1-11-8-9-12(2)16(11)15-10-14(15)13-6-4-3-5-7-13/h3-9,14-15H,10H2,1-2H3. The van der Waals surface area contributed by atoms with Gasteiger partial charge in [0.2, 0.25) is 0 Å². The summed E-state index contributed by atoms with van der Waals surface area (Å²) in [5.41, 5.74) is 4.27. The van der Waals surface area contributed by atoms with E-state index >= 15 is 0 Å². The highest BCUT2D eigenvalue weighted by Crippen LogP contribution is 2.52. The molecule has 1 heterocycles. The molecule has 0 spiro atoms. The van der Waals surface area contributed by atoms with Crippen LogP contribution in [0.3, 0.4) is 0 Å². The smallest absolute Gasteiger partial charge is 0.0411 e. The van der Waals surface area contributed by atoms with E-state index in [1.807, 2.05) is 0 Å². The van der Waals surface area contributed by atoms with E-state index in [4.69, 9.17) is 0 Å². The van der Waals surface area contributed by atoms with E-state index in [1.165, 1.54) is 23.4 Å². The molecule has 1 nitrogen and oxygen atoms in total. The highest BCUT2D eigenvalue weighted by atomic mass is 15.1. The van der Waals surface area contributed by atoms with Crippen LogP contribution in [0.4, 0.5) is 0 Å². The van der Waals surface area contributed by atoms with Gasteiger partial charge < -0.3 is 4.57 Å². The fourth-order valence-corrected chi connectivity index (χ4v) is 2.73. The van der Waals surface area contributed by atoms with Gasteiger partial charge in [0.15, 0.2) is 0 Å². The van der Waals surface area contributed by atoms with Crippen molar-refractivity contribution in [1.29, 1.82) is 0 Å². The van der Waals surface area contributed by atoms with Crippen molar-refractivity contribution < 1.29 is 0 Å². The van der Waals surface area contributed by atoms with Gasteiger partial charge in [-0.3, -0.25) is 0 Å². The van der Waals surface area contributed by atoms with Gasteiger partial charge in [-0.05, 0) is 38.0 Å². The number of hydrogen-bond acceptors (Lipinski definition) is 0. The zero-order valence-electron chi connectivity index (χ0n) is 9.85. The minimum Gasteiger partial charge on any atom is -0.346 e. The summed E-state index contributed by atoms with van der Waals surface area (Å²) < 4.78 is 2.48. The lowest BCUT2D eigenvalue weighted by Crippen LogP contribution is -2.00. The number of aromatic nitrogens is 1. The van der Waals surface area contributed by atoms with Gasteiger partial charge in [-0.25, -0.2) is 0 Å². The number of rotatable bonds is 2. The van der Waals surface area contributed by atoms with Gasteiger partial charge in [-0.15, -0.1) is 0 Å². The first kappa shape index (κ1) is 9.71. The van der Waals surface area contributed by atoms with Gasteiger partial charge in [0.1, 0.15) is 0 Å². The van der Waals surface area contributed by atoms with Gasteiger partial charge in [-0.1, -0.05) is 30.3 Å². The molecule has 2 aromatic rings. The van der Waals surface area contributed by atoms with Crippen molar-refractivity contribution >= 4 is 0 Å². The molecule has 1 aromatic carbocycles. The first-order valence-electron chi connectivity index (χ1n) is 5.97. The Hall–Kier alpha value is -1.50. The Labute approximate surface area is 96.7 Å². The van der Waals surface area contributed by atoms with Crippen molar-refractivity contribution in [2.45, 2.75) is 32.2 Å². The molecule has 0 amide bonds. The molecule has 1 aromatic heterocycles. The number of nitrogens with zero attached hydrogens (tertiary/aromatic N) is 1. The van der Waals surface area contributed by atoms with Crippen LogP contribution in [0.1, 0.15) is 35.3 Å². The lowest BCUT2D eigenvalue weighted by molar-refractivity contribution is 0.679. The van der Waals surface area contributed by atoms with Crippen molar-refractivity contribution in [2.24, 2.45) is 0 Å². The normalized spacial score (nSPS) is 23.4. The summed E-state index contributed by atoms with van der Waals surface area (Å²) in [4.78, 5) is 0. The Kier molecular flexibility index (Phi) is 2.13. The van der Waals surface area contributed by atoms with Crippen LogP contribution in [0.2, 0.25) is 0 Å². The van der Waals surface area contributed by atoms with Gasteiger partial charge in [0.05, 0.1) is 0 Å². The van der Waals surface area contributed by atoms with E-state index in [2.05, 4.69) is 60.9 Å². The minimum absolute atomic E-state index is 0.692. The predicted molar refractivity (Wildman–Crippen MR) is 66.7 cm³/mol. The Bertz CT molecular complexity index is 476. The Morgan fingerprint density at radius 2 is 1.56 bits per heavy atom. The topological polar surface area (TPSA) is 4.93 Å². The lowest BCUT2D eigenvalue weighted by Gasteiger charge is -2.08. The Balaban J connectivity index is 1.87. The molecule has 16 heavy (non-hydrogen) atoms. The molecule has 2 atom stereocenters. The first-order valence-corrected chi connectivity index (χ1v) is 5.97. The van der Waals surface area contributed by atoms with Crippen LogP contribution in [0.5, 0.6) is 0 Å². The van der Waals surface area contributed by atoms with Gasteiger partial charge in [-0.2, -0.15) is 0 Å². The maximum absolute atomic E-state index is 2.48. The van der Waals surface area contributed by atoms with Gasteiger partial charge in [0.25, 0.3) is 0 Å². The first-order chi connectivity index (χ1) is 7.77. The summed E-state index contributed by atoms with van der Waals surface area (Å²) in [7, 11) is 0. The average Bonchev–Trinajstić information content (AvgIpc) is 3.01. The second-order valence-corrected chi connectivity index (χ2v) is 4.81. The molecule has 1 fully saturated rings. The molecule has 0 saturated heterocycles. The maximum Gasteiger partial charge on any atom is 0.0411 e. The molecule has 0 aliphatic heterocycles. The fraction of sp³-hybridized carbons (Fsp3) is 0.333. The molecule has 1 heteroatoms. The van der Waals surface area contributed by atoms with Crippen LogP contribution in [-0.4, -0.2) is 4.57 Å². The third-order valence-corrected chi connectivity index (χ3v) is 3.64. The zero-order chi connectivity index (χ0) is 11.1. The molecule has 1 saturated carbocycles. The van der Waals surface area contributed by atoms with E-state index in [1.54, 1.807) is 0 Å². The molecule has 1 aliphatic carbocycles. The van der Waals surface area contributed by atoms with Crippen LogP contribution in [0.15, 0.2) is 42.5 Å². The monoisotopic (exact) mass is 211 g/mol. The summed E-state index contributed by atoms with van der Waals surface area (Å²) in [5.74, 6) is 0.728. The number of benzene rings is 1. The molecule has 1 aliphatic rings. The van der Waals surface area contributed by atoms with Gasteiger partial charge in [0, 0.05) is 23.3 Å². The van der Waals surface area contributed by atoms with Crippen LogP contribution in [0.25, 0.3) is 0 Å². The van der Waals surface area contributed by atoms with E-state index in [0.717, 1.165) is 5.92 Å². The van der Waals surface area contributed by atoms with Crippen molar-refractivity contribution in [1.82, 2.24) is 4.57 Å². The van der Waals surface area contributed by atoms with E-state index < -0.39 is 0 Å². The quantitative estimate of drug-likeness (QED) is 0.711. The predicted octanol–water partition coefficient (Wildman–Crippen LogP) is 3.83. The average molecular weight is 211 g/mol. The largest absolute Gasteiger partial charge is 0.346 e. The zero-order valence-corrected chi connectivity index (χ0v) is 9.85. The van der Waals surface area contributed by atoms with Crippen molar-refractivity contribution in [3.8, 4) is 0 Å². The van der Waals surface area contributed by atoms with Crippen molar-refractivity contribution in [3.63, 3.8) is 0 Å². The van der Waals surface area contributed by atoms with Crippen LogP contribution >= 0.6 is 0 Å².